The van der Waals surface area contributed by atoms with Crippen molar-refractivity contribution in [3.05, 3.63) is 35.4 Å². The minimum atomic E-state index is -1.05. The van der Waals surface area contributed by atoms with E-state index < -0.39 is 12.0 Å². The van der Waals surface area contributed by atoms with Crippen LogP contribution in [-0.4, -0.2) is 48.2 Å². The maximum atomic E-state index is 12.2. The van der Waals surface area contributed by atoms with E-state index in [0.717, 1.165) is 0 Å². The number of ether oxygens (including phenoxy) is 1. The topological polar surface area (TPSA) is 75.6 Å². The number of hydrogen-bond acceptors (Lipinski definition) is 5. The predicted molar refractivity (Wildman–Crippen MR) is 94.1 cm³/mol. The Morgan fingerprint density at radius 2 is 1.96 bits per heavy atom. The van der Waals surface area contributed by atoms with Crippen molar-refractivity contribution in [3.8, 4) is 0 Å². The molecule has 5 nitrogen and oxygen atoms in total. The summed E-state index contributed by atoms with van der Waals surface area (Å²) in [5.41, 5.74) is 1.67. The zero-order chi connectivity index (χ0) is 16.7. The molecular formula is C16H21NO4S2. The van der Waals surface area contributed by atoms with Crippen molar-refractivity contribution in [1.82, 2.24) is 5.32 Å². The number of hydrogen-bond donors (Lipinski definition) is 2. The Bertz CT molecular complexity index is 529. The lowest BCUT2D eigenvalue weighted by molar-refractivity contribution is -0.139. The SMILES string of the molecule is COCCC(NC(=O)c1ccc(C2SCCCS2)cc1)C(=O)O. The third-order valence-electron chi connectivity index (χ3n) is 3.49. The summed E-state index contributed by atoms with van der Waals surface area (Å²) < 4.78 is 5.30. The number of amides is 1. The van der Waals surface area contributed by atoms with Gasteiger partial charge in [-0.3, -0.25) is 4.79 Å². The number of rotatable bonds is 7. The van der Waals surface area contributed by atoms with Gasteiger partial charge in [-0.15, -0.1) is 23.5 Å². The number of benzene rings is 1. The van der Waals surface area contributed by atoms with Crippen LogP contribution in [0, 0.1) is 0 Å². The van der Waals surface area contributed by atoms with Crippen molar-refractivity contribution < 1.29 is 19.4 Å². The van der Waals surface area contributed by atoms with Crippen molar-refractivity contribution in [2.24, 2.45) is 0 Å². The molecular weight excluding hydrogens is 334 g/mol. The highest BCUT2D eigenvalue weighted by molar-refractivity contribution is 8.16. The summed E-state index contributed by atoms with van der Waals surface area (Å²) in [5.74, 6) is 0.908. The maximum absolute atomic E-state index is 12.2. The van der Waals surface area contributed by atoms with Gasteiger partial charge < -0.3 is 15.2 Å². The van der Waals surface area contributed by atoms with E-state index in [9.17, 15) is 9.59 Å². The van der Waals surface area contributed by atoms with Crippen LogP contribution in [0.15, 0.2) is 24.3 Å². The summed E-state index contributed by atoms with van der Waals surface area (Å²) in [6.07, 6.45) is 1.48. The quantitative estimate of drug-likeness (QED) is 0.783. The van der Waals surface area contributed by atoms with Gasteiger partial charge in [-0.2, -0.15) is 0 Å². The van der Waals surface area contributed by atoms with Crippen LogP contribution in [0.5, 0.6) is 0 Å². The fourth-order valence-electron chi connectivity index (χ4n) is 2.21. The fraction of sp³-hybridized carbons (Fsp3) is 0.500. The monoisotopic (exact) mass is 355 g/mol. The molecule has 2 N–H and O–H groups in total. The third kappa shape index (κ3) is 5.44. The largest absolute Gasteiger partial charge is 0.480 e. The molecule has 0 spiro atoms. The molecule has 1 aliphatic rings. The zero-order valence-electron chi connectivity index (χ0n) is 13.0. The van der Waals surface area contributed by atoms with E-state index in [0.29, 0.717) is 10.1 Å². The normalized spacial score (nSPS) is 16.7. The average Bonchev–Trinajstić information content (AvgIpc) is 2.59. The van der Waals surface area contributed by atoms with Crippen LogP contribution in [-0.2, 0) is 9.53 Å². The summed E-state index contributed by atoms with van der Waals surface area (Å²) in [7, 11) is 1.50. The molecule has 0 saturated carbocycles. The minimum Gasteiger partial charge on any atom is -0.480 e. The molecule has 0 aliphatic carbocycles. The number of carbonyl (C=O) groups excluding carboxylic acids is 1. The van der Waals surface area contributed by atoms with Gasteiger partial charge in [0.2, 0.25) is 0 Å². The highest BCUT2D eigenvalue weighted by Gasteiger charge is 2.21. The molecule has 0 radical (unpaired) electrons. The highest BCUT2D eigenvalue weighted by Crippen LogP contribution is 2.43. The number of thioether (sulfide) groups is 2. The molecule has 0 aromatic heterocycles. The molecule has 7 heteroatoms. The van der Waals surface area contributed by atoms with Gasteiger partial charge in [-0.25, -0.2) is 4.79 Å². The van der Waals surface area contributed by atoms with Crippen molar-refractivity contribution in [3.63, 3.8) is 0 Å². The zero-order valence-corrected chi connectivity index (χ0v) is 14.6. The molecule has 1 heterocycles. The second kappa shape index (κ2) is 9.20. The number of aliphatic carboxylic acids is 1. The lowest BCUT2D eigenvalue weighted by Crippen LogP contribution is -2.41. The van der Waals surface area contributed by atoms with Crippen molar-refractivity contribution >= 4 is 35.4 Å². The number of nitrogens with one attached hydrogen (secondary N) is 1. The molecule has 1 amide bonds. The van der Waals surface area contributed by atoms with Gasteiger partial charge in [-0.05, 0) is 35.6 Å². The lowest BCUT2D eigenvalue weighted by atomic mass is 10.1. The first-order valence-corrected chi connectivity index (χ1v) is 9.57. The van der Waals surface area contributed by atoms with Crippen LogP contribution in [0.25, 0.3) is 0 Å². The van der Waals surface area contributed by atoms with Gasteiger partial charge in [0.25, 0.3) is 5.91 Å². The van der Waals surface area contributed by atoms with E-state index in [4.69, 9.17) is 9.84 Å². The number of carboxylic acids is 1. The predicted octanol–water partition coefficient (Wildman–Crippen LogP) is 2.77. The molecule has 126 valence electrons. The molecule has 1 aromatic rings. The van der Waals surface area contributed by atoms with Crippen LogP contribution in [0.2, 0.25) is 0 Å². The van der Waals surface area contributed by atoms with Crippen molar-refractivity contribution in [2.75, 3.05) is 25.2 Å². The average molecular weight is 355 g/mol. The van der Waals surface area contributed by atoms with E-state index in [-0.39, 0.29) is 18.9 Å². The van der Waals surface area contributed by atoms with Gasteiger partial charge in [0.05, 0.1) is 4.58 Å². The van der Waals surface area contributed by atoms with E-state index in [1.54, 1.807) is 12.1 Å². The minimum absolute atomic E-state index is 0.241. The molecule has 1 aliphatic heterocycles. The number of carbonyl (C=O) groups is 2. The van der Waals surface area contributed by atoms with E-state index >= 15 is 0 Å². The first-order chi connectivity index (χ1) is 11.1. The van der Waals surface area contributed by atoms with Gasteiger partial charge in [0.1, 0.15) is 6.04 Å². The van der Waals surface area contributed by atoms with E-state index in [1.807, 2.05) is 35.7 Å². The van der Waals surface area contributed by atoms with Crippen LogP contribution in [0.1, 0.15) is 33.3 Å². The molecule has 1 atom stereocenters. The summed E-state index contributed by atoms with van der Waals surface area (Å²) in [6.45, 7) is 0.284. The fourth-order valence-corrected chi connectivity index (χ4v) is 5.10. The van der Waals surface area contributed by atoms with Crippen LogP contribution >= 0.6 is 23.5 Å². The Morgan fingerprint density at radius 1 is 1.30 bits per heavy atom. The summed E-state index contributed by atoms with van der Waals surface area (Å²) >= 11 is 3.85. The Kier molecular flexibility index (Phi) is 7.26. The Morgan fingerprint density at radius 3 is 2.52 bits per heavy atom. The Labute approximate surface area is 144 Å². The lowest BCUT2D eigenvalue weighted by Gasteiger charge is -2.21. The second-order valence-corrected chi connectivity index (χ2v) is 7.92. The Balaban J connectivity index is 1.97. The Hall–Kier alpha value is -1.18. The summed E-state index contributed by atoms with van der Waals surface area (Å²) in [5, 5.41) is 11.7. The molecule has 1 fully saturated rings. The van der Waals surface area contributed by atoms with Crippen LogP contribution in [0.4, 0.5) is 0 Å². The van der Waals surface area contributed by atoms with Crippen molar-refractivity contribution in [2.45, 2.75) is 23.5 Å². The highest BCUT2D eigenvalue weighted by atomic mass is 32.2. The molecule has 23 heavy (non-hydrogen) atoms. The smallest absolute Gasteiger partial charge is 0.326 e. The standard InChI is InChI=1S/C16H21NO4S2/c1-21-8-7-13(15(19)20)17-14(18)11-3-5-12(6-4-11)16-22-9-2-10-23-16/h3-6,13,16H,2,7-10H2,1H3,(H,17,18)(H,19,20). The molecule has 1 aromatic carbocycles. The molecule has 2 rings (SSSR count). The van der Waals surface area contributed by atoms with E-state index in [1.165, 1.54) is 30.6 Å². The van der Waals surface area contributed by atoms with Gasteiger partial charge in [0, 0.05) is 25.7 Å². The third-order valence-corrected chi connectivity index (χ3v) is 6.50. The van der Waals surface area contributed by atoms with Crippen LogP contribution in [0.3, 0.4) is 0 Å². The molecule has 1 unspecified atom stereocenters. The molecule has 1 saturated heterocycles. The number of carboxylic acid groups (broad SMARTS) is 1. The van der Waals surface area contributed by atoms with Crippen molar-refractivity contribution in [1.29, 1.82) is 0 Å². The van der Waals surface area contributed by atoms with Gasteiger partial charge >= 0.3 is 5.97 Å². The second-order valence-electron chi connectivity index (χ2n) is 5.19. The first-order valence-electron chi connectivity index (χ1n) is 7.47. The summed E-state index contributed by atoms with van der Waals surface area (Å²) in [6, 6.07) is 6.49. The van der Waals surface area contributed by atoms with Crippen LogP contribution < -0.4 is 5.32 Å². The van der Waals surface area contributed by atoms with E-state index in [2.05, 4.69) is 5.32 Å². The maximum Gasteiger partial charge on any atom is 0.326 e. The number of methoxy groups -OCH3 is 1. The first kappa shape index (κ1) is 18.2. The van der Waals surface area contributed by atoms with Gasteiger partial charge in [0.15, 0.2) is 0 Å². The van der Waals surface area contributed by atoms with Gasteiger partial charge in [-0.1, -0.05) is 12.1 Å². The summed E-state index contributed by atoms with van der Waals surface area (Å²) in [4.78, 5) is 23.3. The molecule has 0 bridgehead atoms.